The number of aromatic nitrogens is 4. The normalized spacial score (nSPS) is 30.9. The van der Waals surface area contributed by atoms with Crippen LogP contribution in [0.15, 0.2) is 6.33 Å². The van der Waals surface area contributed by atoms with E-state index in [1.54, 1.807) is 11.8 Å². The first-order valence-corrected chi connectivity index (χ1v) is 8.42. The summed E-state index contributed by atoms with van der Waals surface area (Å²) in [6.07, 6.45) is 1.31. The third-order valence-corrected chi connectivity index (χ3v) is 4.64. The maximum absolute atomic E-state index is 6.20. The van der Waals surface area contributed by atoms with Crippen LogP contribution in [0.2, 0.25) is 0 Å². The molecule has 2 fully saturated rings. The van der Waals surface area contributed by atoms with Gasteiger partial charge in [-0.2, -0.15) is 5.10 Å². The predicted molar refractivity (Wildman–Crippen MR) is 88.5 cm³/mol. The lowest BCUT2D eigenvalue weighted by Crippen LogP contribution is -2.28. The minimum Gasteiger partial charge on any atom is -0.383 e. The minimum absolute atomic E-state index is 0.0684. The van der Waals surface area contributed by atoms with E-state index in [0.717, 1.165) is 6.42 Å². The van der Waals surface area contributed by atoms with Crippen LogP contribution >= 0.6 is 0 Å². The standard InChI is InChI=1S/C16H23N5O4/c1-5-9-11-12(25-16(2,3)24-11)15(23-9)21-14-10(8(20-21)6-22-4)13(17)18-7-19-14/h7,9,11-12,15H,5-6H2,1-4H3,(H2,17,18,19)/t9-,11-,12-,15-/m1/s1. The Morgan fingerprint density at radius 2 is 2.04 bits per heavy atom. The Bertz CT molecular complexity index is 792. The van der Waals surface area contributed by atoms with E-state index in [1.165, 1.54) is 6.33 Å². The Morgan fingerprint density at radius 1 is 1.28 bits per heavy atom. The lowest BCUT2D eigenvalue weighted by Gasteiger charge is -2.24. The minimum atomic E-state index is -0.656. The highest BCUT2D eigenvalue weighted by Gasteiger charge is 2.56. The fourth-order valence-electron chi connectivity index (χ4n) is 3.67. The van der Waals surface area contributed by atoms with E-state index in [9.17, 15) is 0 Å². The molecule has 4 rings (SSSR count). The first kappa shape index (κ1) is 16.6. The van der Waals surface area contributed by atoms with Crippen molar-refractivity contribution in [3.63, 3.8) is 0 Å². The molecule has 4 atom stereocenters. The van der Waals surface area contributed by atoms with Gasteiger partial charge in [-0.05, 0) is 20.3 Å². The topological polar surface area (TPSA) is 107 Å². The van der Waals surface area contributed by atoms with Crippen molar-refractivity contribution >= 4 is 16.9 Å². The number of fused-ring (bicyclic) bond motifs is 2. The predicted octanol–water partition coefficient (Wildman–Crippen LogP) is 1.38. The summed E-state index contributed by atoms with van der Waals surface area (Å²) in [6.45, 7) is 6.19. The van der Waals surface area contributed by atoms with Crippen LogP contribution in [-0.4, -0.2) is 51.0 Å². The first-order valence-electron chi connectivity index (χ1n) is 8.42. The van der Waals surface area contributed by atoms with Gasteiger partial charge in [-0.3, -0.25) is 0 Å². The highest BCUT2D eigenvalue weighted by molar-refractivity contribution is 5.88. The summed E-state index contributed by atoms with van der Waals surface area (Å²) in [5.41, 5.74) is 7.33. The van der Waals surface area contributed by atoms with Gasteiger partial charge in [0.25, 0.3) is 0 Å². The zero-order valence-electron chi connectivity index (χ0n) is 14.8. The van der Waals surface area contributed by atoms with Crippen molar-refractivity contribution in [1.29, 1.82) is 0 Å². The Hall–Kier alpha value is -1.81. The molecule has 9 nitrogen and oxygen atoms in total. The fraction of sp³-hybridized carbons (Fsp3) is 0.688. The molecule has 9 heteroatoms. The molecule has 0 bridgehead atoms. The molecule has 0 amide bonds. The molecule has 25 heavy (non-hydrogen) atoms. The van der Waals surface area contributed by atoms with Crippen molar-refractivity contribution in [2.75, 3.05) is 12.8 Å². The van der Waals surface area contributed by atoms with E-state index >= 15 is 0 Å². The second-order valence-electron chi connectivity index (χ2n) is 6.82. The number of ether oxygens (including phenoxy) is 4. The van der Waals surface area contributed by atoms with Crippen molar-refractivity contribution in [2.45, 2.75) is 64.1 Å². The Labute approximate surface area is 145 Å². The molecule has 0 saturated carbocycles. The summed E-state index contributed by atoms with van der Waals surface area (Å²) in [4.78, 5) is 8.44. The van der Waals surface area contributed by atoms with Crippen LogP contribution in [0.25, 0.3) is 11.0 Å². The average molecular weight is 349 g/mol. The molecule has 2 aliphatic heterocycles. The third-order valence-electron chi connectivity index (χ3n) is 4.64. The van der Waals surface area contributed by atoms with Gasteiger partial charge >= 0.3 is 0 Å². The highest BCUT2D eigenvalue weighted by atomic mass is 16.8. The molecule has 2 aromatic heterocycles. The maximum Gasteiger partial charge on any atom is 0.181 e. The fourth-order valence-corrected chi connectivity index (χ4v) is 3.67. The number of anilines is 1. The largest absolute Gasteiger partial charge is 0.383 e. The van der Waals surface area contributed by atoms with Crippen LogP contribution in [0.1, 0.15) is 39.1 Å². The van der Waals surface area contributed by atoms with Crippen LogP contribution in [0, 0.1) is 0 Å². The molecule has 4 heterocycles. The van der Waals surface area contributed by atoms with Crippen LogP contribution in [-0.2, 0) is 25.6 Å². The number of nitrogen functional groups attached to an aromatic ring is 1. The molecular formula is C16H23N5O4. The number of hydrogen-bond donors (Lipinski definition) is 1. The molecule has 2 aliphatic rings. The summed E-state index contributed by atoms with van der Waals surface area (Å²) in [5, 5.41) is 5.33. The summed E-state index contributed by atoms with van der Waals surface area (Å²) >= 11 is 0. The van der Waals surface area contributed by atoms with E-state index in [1.807, 2.05) is 13.8 Å². The highest BCUT2D eigenvalue weighted by Crippen LogP contribution is 2.44. The van der Waals surface area contributed by atoms with E-state index in [-0.39, 0.29) is 18.3 Å². The molecule has 2 saturated heterocycles. The zero-order valence-corrected chi connectivity index (χ0v) is 14.8. The lowest BCUT2D eigenvalue weighted by atomic mass is 10.1. The maximum atomic E-state index is 6.20. The number of nitrogens with zero attached hydrogens (tertiary/aromatic N) is 4. The second kappa shape index (κ2) is 5.87. The van der Waals surface area contributed by atoms with Gasteiger partial charge in [-0.1, -0.05) is 6.92 Å². The lowest BCUT2D eigenvalue weighted by molar-refractivity contribution is -0.197. The van der Waals surface area contributed by atoms with Gasteiger partial charge in [0.2, 0.25) is 0 Å². The molecule has 136 valence electrons. The molecule has 0 aromatic carbocycles. The molecule has 0 radical (unpaired) electrons. The van der Waals surface area contributed by atoms with Crippen molar-refractivity contribution in [3.8, 4) is 0 Å². The van der Waals surface area contributed by atoms with Crippen molar-refractivity contribution in [1.82, 2.24) is 19.7 Å². The van der Waals surface area contributed by atoms with Crippen LogP contribution in [0.4, 0.5) is 5.82 Å². The Morgan fingerprint density at radius 3 is 2.76 bits per heavy atom. The summed E-state index contributed by atoms with van der Waals surface area (Å²) in [5.74, 6) is -0.286. The van der Waals surface area contributed by atoms with Crippen molar-refractivity contribution in [2.24, 2.45) is 0 Å². The number of nitrogens with two attached hydrogens (primary N) is 1. The van der Waals surface area contributed by atoms with Gasteiger partial charge in [0.05, 0.1) is 18.1 Å². The van der Waals surface area contributed by atoms with Crippen LogP contribution in [0.5, 0.6) is 0 Å². The SMILES string of the molecule is CC[C@H]1O[C@@H](n2nc(COC)c3c(N)ncnc32)[C@@H]2OC(C)(C)O[C@@H]21. The van der Waals surface area contributed by atoms with E-state index in [4.69, 9.17) is 24.7 Å². The van der Waals surface area contributed by atoms with Gasteiger partial charge in [0.15, 0.2) is 17.7 Å². The van der Waals surface area contributed by atoms with Gasteiger partial charge in [0.1, 0.15) is 30.0 Å². The monoisotopic (exact) mass is 349 g/mol. The third kappa shape index (κ3) is 2.58. The van der Waals surface area contributed by atoms with E-state index < -0.39 is 12.0 Å². The molecule has 2 aromatic rings. The van der Waals surface area contributed by atoms with E-state index in [2.05, 4.69) is 22.0 Å². The van der Waals surface area contributed by atoms with Gasteiger partial charge in [-0.25, -0.2) is 14.6 Å². The number of rotatable bonds is 4. The van der Waals surface area contributed by atoms with Gasteiger partial charge in [-0.15, -0.1) is 0 Å². The summed E-state index contributed by atoms with van der Waals surface area (Å²) < 4.78 is 25.3. The van der Waals surface area contributed by atoms with Gasteiger partial charge in [0, 0.05) is 7.11 Å². The first-order chi connectivity index (χ1) is 11.9. The molecule has 2 N–H and O–H groups in total. The smallest absolute Gasteiger partial charge is 0.181 e. The Balaban J connectivity index is 1.80. The zero-order chi connectivity index (χ0) is 17.8. The van der Waals surface area contributed by atoms with Crippen LogP contribution < -0.4 is 5.73 Å². The number of methoxy groups -OCH3 is 1. The summed E-state index contributed by atoms with van der Waals surface area (Å²) in [6, 6.07) is 0. The molecule has 0 aliphatic carbocycles. The van der Waals surface area contributed by atoms with Crippen molar-refractivity contribution in [3.05, 3.63) is 12.0 Å². The molecular weight excluding hydrogens is 326 g/mol. The Kier molecular flexibility index (Phi) is 3.91. The molecule has 0 unspecified atom stereocenters. The van der Waals surface area contributed by atoms with Crippen molar-refractivity contribution < 1.29 is 18.9 Å². The van der Waals surface area contributed by atoms with Crippen LogP contribution in [0.3, 0.4) is 0 Å². The quantitative estimate of drug-likeness (QED) is 0.882. The van der Waals surface area contributed by atoms with Gasteiger partial charge < -0.3 is 24.7 Å². The second-order valence-corrected chi connectivity index (χ2v) is 6.82. The molecule has 0 spiro atoms. The number of hydrogen-bond acceptors (Lipinski definition) is 8. The summed E-state index contributed by atoms with van der Waals surface area (Å²) in [7, 11) is 1.61. The van der Waals surface area contributed by atoms with E-state index in [0.29, 0.717) is 29.2 Å². The average Bonchev–Trinajstić information content (AvgIpc) is 3.17.